The number of nitrogens with zero attached hydrogens (tertiary/aromatic N) is 1. The molecule has 0 saturated heterocycles. The van der Waals surface area contributed by atoms with Gasteiger partial charge in [-0.1, -0.05) is 24.3 Å². The van der Waals surface area contributed by atoms with Crippen molar-refractivity contribution >= 4 is 11.6 Å². The molecule has 3 N–H and O–H groups in total. The number of benzene rings is 2. The van der Waals surface area contributed by atoms with Gasteiger partial charge < -0.3 is 15.8 Å². The number of anilines is 1. The monoisotopic (exact) mass is 323 g/mol. The van der Waals surface area contributed by atoms with E-state index in [1.807, 2.05) is 30.3 Å². The van der Waals surface area contributed by atoms with Crippen molar-refractivity contribution in [3.05, 3.63) is 60.2 Å². The molecule has 7 heteroatoms. The van der Waals surface area contributed by atoms with Crippen molar-refractivity contribution in [1.29, 1.82) is 0 Å². The van der Waals surface area contributed by atoms with E-state index in [0.717, 1.165) is 17.8 Å². The quantitative estimate of drug-likeness (QED) is 0.503. The Morgan fingerprint density at radius 3 is 2.52 bits per heavy atom. The van der Waals surface area contributed by atoms with Crippen LogP contribution in [0.3, 0.4) is 0 Å². The Kier molecular flexibility index (Phi) is 5.46. The van der Waals surface area contributed by atoms with Crippen molar-refractivity contribution in [3.63, 3.8) is 0 Å². The van der Waals surface area contributed by atoms with Crippen LogP contribution < -0.4 is 15.8 Å². The summed E-state index contributed by atoms with van der Waals surface area (Å²) in [6.45, 7) is 0.348. The number of hydrogen-bond acceptors (Lipinski definition) is 2. The lowest BCUT2D eigenvalue weighted by atomic mass is 10.2. The largest absolute Gasteiger partial charge is 0.492 e. The zero-order chi connectivity index (χ0) is 16.7. The zero-order valence-electron chi connectivity index (χ0n) is 12.2. The van der Waals surface area contributed by atoms with Crippen LogP contribution in [0.25, 0.3) is 0 Å². The number of nitrogens with two attached hydrogens (primary N) is 1. The molecule has 0 heterocycles. The lowest BCUT2D eigenvalue weighted by molar-refractivity contribution is -0.137. The van der Waals surface area contributed by atoms with Gasteiger partial charge >= 0.3 is 6.18 Å². The van der Waals surface area contributed by atoms with Gasteiger partial charge in [0, 0.05) is 5.69 Å². The molecular formula is C16H16F3N3O. The van der Waals surface area contributed by atoms with Gasteiger partial charge in [0.15, 0.2) is 5.96 Å². The highest BCUT2D eigenvalue weighted by Gasteiger charge is 2.30. The molecule has 0 atom stereocenters. The lowest BCUT2D eigenvalue weighted by Crippen LogP contribution is -2.23. The van der Waals surface area contributed by atoms with E-state index in [1.165, 1.54) is 12.1 Å². The van der Waals surface area contributed by atoms with E-state index in [9.17, 15) is 13.2 Å². The summed E-state index contributed by atoms with van der Waals surface area (Å²) in [5.41, 5.74) is 5.75. The first kappa shape index (κ1) is 16.7. The Morgan fingerprint density at radius 1 is 1.09 bits per heavy atom. The number of ether oxygens (including phenoxy) is 1. The van der Waals surface area contributed by atoms with Crippen LogP contribution in [0.5, 0.6) is 5.75 Å². The molecule has 0 unspecified atom stereocenters. The predicted octanol–water partition coefficient (Wildman–Crippen LogP) is 3.51. The van der Waals surface area contributed by atoms with Gasteiger partial charge in [-0.3, -0.25) is 0 Å². The average Bonchev–Trinajstić information content (AvgIpc) is 2.52. The molecule has 0 saturated carbocycles. The van der Waals surface area contributed by atoms with Crippen molar-refractivity contribution in [2.24, 2.45) is 10.7 Å². The van der Waals surface area contributed by atoms with Crippen molar-refractivity contribution in [1.82, 2.24) is 0 Å². The Morgan fingerprint density at radius 2 is 1.83 bits per heavy atom. The average molecular weight is 323 g/mol. The minimum atomic E-state index is -4.39. The summed E-state index contributed by atoms with van der Waals surface area (Å²) in [6.07, 6.45) is -4.39. The summed E-state index contributed by atoms with van der Waals surface area (Å²) in [5.74, 6) is 0.355. The minimum absolute atomic E-state index is 0.123. The molecule has 0 amide bonds. The van der Waals surface area contributed by atoms with Gasteiger partial charge in [-0.15, -0.1) is 0 Å². The maximum Gasteiger partial charge on any atom is 0.416 e. The first-order chi connectivity index (χ1) is 10.9. The molecule has 0 aromatic heterocycles. The predicted molar refractivity (Wildman–Crippen MR) is 83.5 cm³/mol. The maximum atomic E-state index is 12.6. The minimum Gasteiger partial charge on any atom is -0.492 e. The lowest BCUT2D eigenvalue weighted by Gasteiger charge is -2.10. The number of halogens is 3. The number of para-hydroxylation sites is 1. The Labute approximate surface area is 131 Å². The molecule has 0 aliphatic carbocycles. The SMILES string of the molecule is NC(=NCCOc1cccc(C(F)(F)F)c1)Nc1ccccc1. The second-order valence-electron chi connectivity index (χ2n) is 4.63. The Hall–Kier alpha value is -2.70. The van der Waals surface area contributed by atoms with Crippen LogP contribution in [0.4, 0.5) is 18.9 Å². The molecule has 2 rings (SSSR count). The van der Waals surface area contributed by atoms with Crippen LogP contribution in [0, 0.1) is 0 Å². The third kappa shape index (κ3) is 5.54. The van der Waals surface area contributed by atoms with Gasteiger partial charge in [0.1, 0.15) is 12.4 Å². The summed E-state index contributed by atoms with van der Waals surface area (Å²) >= 11 is 0. The van der Waals surface area contributed by atoms with Gasteiger partial charge in [0.05, 0.1) is 12.1 Å². The summed E-state index contributed by atoms with van der Waals surface area (Å²) in [5, 5.41) is 2.89. The molecular weight excluding hydrogens is 307 g/mol. The van der Waals surface area contributed by atoms with E-state index in [-0.39, 0.29) is 24.9 Å². The van der Waals surface area contributed by atoms with Gasteiger partial charge in [-0.05, 0) is 30.3 Å². The second kappa shape index (κ2) is 7.53. The molecule has 2 aromatic carbocycles. The van der Waals surface area contributed by atoms with Gasteiger partial charge in [-0.2, -0.15) is 13.2 Å². The van der Waals surface area contributed by atoms with Crippen LogP contribution in [-0.2, 0) is 6.18 Å². The van der Waals surface area contributed by atoms with Crippen molar-refractivity contribution in [2.75, 3.05) is 18.5 Å². The van der Waals surface area contributed by atoms with E-state index in [0.29, 0.717) is 0 Å². The van der Waals surface area contributed by atoms with Gasteiger partial charge in [-0.25, -0.2) is 4.99 Å². The Balaban J connectivity index is 1.82. The molecule has 2 aromatic rings. The highest BCUT2D eigenvalue weighted by atomic mass is 19.4. The second-order valence-corrected chi connectivity index (χ2v) is 4.63. The molecule has 0 fully saturated rings. The number of alkyl halides is 3. The van der Waals surface area contributed by atoms with E-state index < -0.39 is 11.7 Å². The van der Waals surface area contributed by atoms with E-state index in [1.54, 1.807) is 0 Å². The van der Waals surface area contributed by atoms with E-state index >= 15 is 0 Å². The topological polar surface area (TPSA) is 59.6 Å². The first-order valence-corrected chi connectivity index (χ1v) is 6.87. The highest BCUT2D eigenvalue weighted by Crippen LogP contribution is 2.31. The van der Waals surface area contributed by atoms with Crippen LogP contribution in [0.1, 0.15) is 5.56 Å². The summed E-state index contributed by atoms with van der Waals surface area (Å²) in [4.78, 5) is 4.04. The fraction of sp³-hybridized carbons (Fsp3) is 0.188. The van der Waals surface area contributed by atoms with Crippen LogP contribution in [0.2, 0.25) is 0 Å². The molecule has 0 aliphatic rings. The van der Waals surface area contributed by atoms with E-state index in [2.05, 4.69) is 10.3 Å². The van der Waals surface area contributed by atoms with Crippen molar-refractivity contribution < 1.29 is 17.9 Å². The van der Waals surface area contributed by atoms with Crippen LogP contribution >= 0.6 is 0 Å². The highest BCUT2D eigenvalue weighted by molar-refractivity contribution is 5.92. The molecule has 0 bridgehead atoms. The maximum absolute atomic E-state index is 12.6. The standard InChI is InChI=1S/C16H16F3N3O/c17-16(18,19)12-5-4-8-14(11-12)23-10-9-21-15(20)22-13-6-2-1-3-7-13/h1-8,11H,9-10H2,(H3,20,21,22). The number of rotatable bonds is 5. The number of hydrogen-bond donors (Lipinski definition) is 2. The fourth-order valence-corrected chi connectivity index (χ4v) is 1.80. The molecule has 23 heavy (non-hydrogen) atoms. The van der Waals surface area contributed by atoms with Crippen LogP contribution in [-0.4, -0.2) is 19.1 Å². The fourth-order valence-electron chi connectivity index (χ4n) is 1.80. The summed E-state index contributed by atoms with van der Waals surface area (Å²) in [7, 11) is 0. The summed E-state index contributed by atoms with van der Waals surface area (Å²) < 4.78 is 43.0. The summed E-state index contributed by atoms with van der Waals surface area (Å²) in [6, 6.07) is 14.0. The van der Waals surface area contributed by atoms with Gasteiger partial charge in [0.25, 0.3) is 0 Å². The van der Waals surface area contributed by atoms with Crippen LogP contribution in [0.15, 0.2) is 59.6 Å². The number of nitrogens with one attached hydrogen (secondary N) is 1. The van der Waals surface area contributed by atoms with E-state index in [4.69, 9.17) is 10.5 Å². The molecule has 0 aliphatic heterocycles. The molecule has 0 spiro atoms. The molecule has 4 nitrogen and oxygen atoms in total. The Bertz CT molecular complexity index is 657. The zero-order valence-corrected chi connectivity index (χ0v) is 12.2. The normalized spacial score (nSPS) is 12.0. The number of aliphatic imine (C=N–C) groups is 1. The van der Waals surface area contributed by atoms with Gasteiger partial charge in [0.2, 0.25) is 0 Å². The number of guanidine groups is 1. The molecule has 122 valence electrons. The smallest absolute Gasteiger partial charge is 0.416 e. The first-order valence-electron chi connectivity index (χ1n) is 6.87. The molecule has 0 radical (unpaired) electrons. The van der Waals surface area contributed by atoms with Crippen molar-refractivity contribution in [3.8, 4) is 5.75 Å². The third-order valence-corrected chi connectivity index (χ3v) is 2.85. The van der Waals surface area contributed by atoms with Crippen molar-refractivity contribution in [2.45, 2.75) is 6.18 Å². The third-order valence-electron chi connectivity index (χ3n) is 2.85.